The van der Waals surface area contributed by atoms with Gasteiger partial charge in [0.2, 0.25) is 5.88 Å². The van der Waals surface area contributed by atoms with Crippen LogP contribution in [0, 0.1) is 11.3 Å². The smallest absolute Gasteiger partial charge is 0.243 e. The third kappa shape index (κ3) is 5.18. The lowest BCUT2D eigenvalue weighted by Gasteiger charge is -2.22. The SMILES string of the molecule is COc1ccc(Cn2nc(Nc3cccnc3Oc3ccccc3C(C)(C)C)cc2C#N)cc1. The Bertz CT molecular complexity index is 1310. The van der Waals surface area contributed by atoms with Crippen LogP contribution in [0.3, 0.4) is 0 Å². The van der Waals surface area contributed by atoms with E-state index >= 15 is 0 Å². The molecule has 0 aliphatic rings. The molecule has 34 heavy (non-hydrogen) atoms. The van der Waals surface area contributed by atoms with E-state index in [-0.39, 0.29) is 5.41 Å². The number of hydrogen-bond acceptors (Lipinski definition) is 6. The summed E-state index contributed by atoms with van der Waals surface area (Å²) in [5.74, 6) is 2.50. The van der Waals surface area contributed by atoms with Gasteiger partial charge in [-0.05, 0) is 41.3 Å². The van der Waals surface area contributed by atoms with Crippen molar-refractivity contribution in [3.8, 4) is 23.4 Å². The standard InChI is InChI=1S/C27H27N5O2/c1-27(2,3)22-8-5-6-10-24(22)34-26-23(9-7-15-29-26)30-25-16-20(17-28)32(31-25)18-19-11-13-21(33-4)14-12-19/h5-16H,18H2,1-4H3,(H,30,31). The highest BCUT2D eigenvalue weighted by Crippen LogP contribution is 2.36. The fourth-order valence-corrected chi connectivity index (χ4v) is 3.58. The molecule has 172 valence electrons. The minimum atomic E-state index is -0.0824. The van der Waals surface area contributed by atoms with Crippen LogP contribution >= 0.6 is 0 Å². The van der Waals surface area contributed by atoms with Gasteiger partial charge in [0.05, 0.1) is 13.7 Å². The van der Waals surface area contributed by atoms with Crippen LogP contribution in [0.2, 0.25) is 0 Å². The molecular weight excluding hydrogens is 426 g/mol. The second-order valence-corrected chi connectivity index (χ2v) is 8.86. The second-order valence-electron chi connectivity index (χ2n) is 8.86. The molecule has 0 spiro atoms. The molecule has 2 heterocycles. The molecule has 0 aliphatic carbocycles. The maximum absolute atomic E-state index is 9.62. The van der Waals surface area contributed by atoms with Crippen molar-refractivity contribution >= 4 is 11.5 Å². The van der Waals surface area contributed by atoms with Gasteiger partial charge >= 0.3 is 0 Å². The number of nitrogens with zero attached hydrogens (tertiary/aromatic N) is 4. The number of anilines is 2. The number of nitrogens with one attached hydrogen (secondary N) is 1. The largest absolute Gasteiger partial charge is 0.497 e. The Morgan fingerprint density at radius 1 is 1.03 bits per heavy atom. The zero-order chi connectivity index (χ0) is 24.1. The molecular formula is C27H27N5O2. The van der Waals surface area contributed by atoms with Crippen molar-refractivity contribution in [1.29, 1.82) is 5.26 Å². The monoisotopic (exact) mass is 453 g/mol. The molecule has 0 bridgehead atoms. The number of methoxy groups -OCH3 is 1. The number of para-hydroxylation sites is 1. The fourth-order valence-electron chi connectivity index (χ4n) is 3.58. The summed E-state index contributed by atoms with van der Waals surface area (Å²) in [5.41, 5.74) is 3.12. The predicted octanol–water partition coefficient (Wildman–Crippen LogP) is 6.04. The number of benzene rings is 2. The molecule has 0 fully saturated rings. The first-order chi connectivity index (χ1) is 16.4. The Morgan fingerprint density at radius 2 is 1.79 bits per heavy atom. The van der Waals surface area contributed by atoms with Crippen molar-refractivity contribution in [1.82, 2.24) is 14.8 Å². The lowest BCUT2D eigenvalue weighted by Crippen LogP contribution is -2.12. The summed E-state index contributed by atoms with van der Waals surface area (Å²) in [6.07, 6.45) is 1.68. The maximum atomic E-state index is 9.62. The molecule has 0 saturated carbocycles. The Hall–Kier alpha value is -4.31. The van der Waals surface area contributed by atoms with Gasteiger partial charge in [-0.1, -0.05) is 51.1 Å². The van der Waals surface area contributed by atoms with Gasteiger partial charge in [0.25, 0.3) is 0 Å². The van der Waals surface area contributed by atoms with Crippen LogP contribution in [-0.2, 0) is 12.0 Å². The van der Waals surface area contributed by atoms with Gasteiger partial charge in [-0.15, -0.1) is 0 Å². The lowest BCUT2D eigenvalue weighted by molar-refractivity contribution is 0.414. The van der Waals surface area contributed by atoms with Crippen LogP contribution < -0.4 is 14.8 Å². The number of hydrogen-bond donors (Lipinski definition) is 1. The quantitative estimate of drug-likeness (QED) is 0.367. The van der Waals surface area contributed by atoms with Gasteiger partial charge < -0.3 is 14.8 Å². The van der Waals surface area contributed by atoms with E-state index in [4.69, 9.17) is 9.47 Å². The summed E-state index contributed by atoms with van der Waals surface area (Å²) in [6.45, 7) is 6.90. The first kappa shape index (κ1) is 22.9. The summed E-state index contributed by atoms with van der Waals surface area (Å²) in [4.78, 5) is 4.43. The van der Waals surface area contributed by atoms with E-state index in [9.17, 15) is 5.26 Å². The molecule has 7 heteroatoms. The number of nitriles is 1. The highest BCUT2D eigenvalue weighted by Gasteiger charge is 2.20. The third-order valence-corrected chi connectivity index (χ3v) is 5.32. The van der Waals surface area contributed by atoms with Gasteiger partial charge in [0.1, 0.15) is 28.9 Å². The summed E-state index contributed by atoms with van der Waals surface area (Å²) in [5, 5.41) is 17.5. The van der Waals surface area contributed by atoms with Crippen molar-refractivity contribution in [2.75, 3.05) is 12.4 Å². The average Bonchev–Trinajstić information content (AvgIpc) is 3.21. The molecule has 0 saturated heterocycles. The topological polar surface area (TPSA) is 85.0 Å². The minimum absolute atomic E-state index is 0.0824. The molecule has 0 radical (unpaired) electrons. The zero-order valence-corrected chi connectivity index (χ0v) is 19.7. The van der Waals surface area contributed by atoms with Crippen molar-refractivity contribution in [3.05, 3.63) is 89.7 Å². The summed E-state index contributed by atoms with van der Waals surface area (Å²) in [6, 6.07) is 23.3. The molecule has 7 nitrogen and oxygen atoms in total. The van der Waals surface area contributed by atoms with E-state index in [0.717, 1.165) is 22.6 Å². The molecule has 2 aromatic carbocycles. The van der Waals surface area contributed by atoms with Gasteiger partial charge in [0.15, 0.2) is 5.82 Å². The van der Waals surface area contributed by atoms with Crippen LogP contribution in [-0.4, -0.2) is 21.9 Å². The first-order valence-corrected chi connectivity index (χ1v) is 11.0. The molecule has 2 aromatic heterocycles. The van der Waals surface area contributed by atoms with Crippen LogP contribution in [0.4, 0.5) is 11.5 Å². The molecule has 0 amide bonds. The van der Waals surface area contributed by atoms with Gasteiger partial charge in [-0.3, -0.25) is 0 Å². The van der Waals surface area contributed by atoms with E-state index in [0.29, 0.717) is 29.6 Å². The van der Waals surface area contributed by atoms with Crippen molar-refractivity contribution in [3.63, 3.8) is 0 Å². The predicted molar refractivity (Wildman–Crippen MR) is 132 cm³/mol. The Balaban J connectivity index is 1.58. The van der Waals surface area contributed by atoms with E-state index in [1.807, 2.05) is 54.6 Å². The second kappa shape index (κ2) is 9.67. The number of aromatic nitrogens is 3. The normalized spacial score (nSPS) is 11.0. The highest BCUT2D eigenvalue weighted by molar-refractivity contribution is 5.63. The molecule has 0 atom stereocenters. The van der Waals surface area contributed by atoms with E-state index in [1.165, 1.54) is 0 Å². The zero-order valence-electron chi connectivity index (χ0n) is 19.7. The first-order valence-electron chi connectivity index (χ1n) is 11.0. The van der Waals surface area contributed by atoms with E-state index in [2.05, 4.69) is 48.3 Å². The molecule has 0 aliphatic heterocycles. The average molecular weight is 454 g/mol. The summed E-state index contributed by atoms with van der Waals surface area (Å²) in [7, 11) is 1.63. The van der Waals surface area contributed by atoms with Gasteiger partial charge in [-0.2, -0.15) is 10.4 Å². The van der Waals surface area contributed by atoms with Crippen LogP contribution in [0.25, 0.3) is 0 Å². The molecule has 1 N–H and O–H groups in total. The van der Waals surface area contributed by atoms with Crippen molar-refractivity contribution in [2.45, 2.75) is 32.7 Å². The third-order valence-electron chi connectivity index (χ3n) is 5.32. The summed E-state index contributed by atoms with van der Waals surface area (Å²) >= 11 is 0. The van der Waals surface area contributed by atoms with Gasteiger partial charge in [0, 0.05) is 17.8 Å². The van der Waals surface area contributed by atoms with Crippen LogP contribution in [0.1, 0.15) is 37.6 Å². The number of pyridine rings is 1. The molecule has 0 unspecified atom stereocenters. The van der Waals surface area contributed by atoms with Crippen molar-refractivity contribution < 1.29 is 9.47 Å². The van der Waals surface area contributed by atoms with Gasteiger partial charge in [-0.25, -0.2) is 9.67 Å². The van der Waals surface area contributed by atoms with E-state index < -0.39 is 0 Å². The maximum Gasteiger partial charge on any atom is 0.243 e. The van der Waals surface area contributed by atoms with Crippen LogP contribution in [0.5, 0.6) is 17.4 Å². The Labute approximate surface area is 199 Å². The molecule has 4 rings (SSSR count). The highest BCUT2D eigenvalue weighted by atomic mass is 16.5. The van der Waals surface area contributed by atoms with Crippen molar-refractivity contribution in [2.24, 2.45) is 0 Å². The number of ether oxygens (including phenoxy) is 2. The molecule has 4 aromatic rings. The Morgan fingerprint density at radius 3 is 2.50 bits per heavy atom. The van der Waals surface area contributed by atoms with Crippen LogP contribution in [0.15, 0.2) is 72.9 Å². The summed E-state index contributed by atoms with van der Waals surface area (Å²) < 4.78 is 13.1. The lowest BCUT2D eigenvalue weighted by atomic mass is 9.86. The fraction of sp³-hybridized carbons (Fsp3) is 0.222. The Kier molecular flexibility index (Phi) is 6.51. The van der Waals surface area contributed by atoms with E-state index in [1.54, 1.807) is 24.1 Å². The minimum Gasteiger partial charge on any atom is -0.497 e. The number of rotatable bonds is 7.